The summed E-state index contributed by atoms with van der Waals surface area (Å²) in [6.07, 6.45) is 54.3. The lowest BCUT2D eigenvalue weighted by molar-refractivity contribution is -0.301. The average molecular weight is 1080 g/mol. The highest BCUT2D eigenvalue weighted by Gasteiger charge is 2.50. The van der Waals surface area contributed by atoms with Crippen molar-refractivity contribution in [3.05, 3.63) is 72.9 Å². The molecule has 1 heterocycles. The quantitative estimate of drug-likeness (QED) is 0.0228. The highest BCUT2D eigenvalue weighted by molar-refractivity contribution is 5.74. The van der Waals surface area contributed by atoms with Gasteiger partial charge in [0.05, 0.1) is 6.61 Å². The summed E-state index contributed by atoms with van der Waals surface area (Å²) >= 11 is 0. The van der Waals surface area contributed by atoms with Gasteiger partial charge in [0.25, 0.3) is 0 Å². The summed E-state index contributed by atoms with van der Waals surface area (Å²) in [5, 5.41) is 31.5. The minimum atomic E-state index is -1.91. The standard InChI is InChI=1S/C65H110O12/c1-4-7-10-13-16-19-22-24-26-28-29-31-32-34-37-39-42-45-48-51-57(66)73-54-56(75-58(67)52-49-46-43-40-36-21-18-15-12-9-6-3)55-74-65-63(61(70)60(69)62(77-65)64(71)72)76-59(68)53-50-47-44-41-38-35-33-30-27-25-23-20-17-14-11-8-5-2/h7,10,16-17,19-20,24-27,29,31,56,60-63,65,69-70H,4-6,8-9,11-15,18,21-23,28,30,32-55H2,1-3H3,(H,71,72)/b10-7-,19-16-,20-17-,26-24-,27-25-,31-29-. The number of allylic oxidation sites excluding steroid dienone is 12. The number of aliphatic carboxylic acids is 1. The summed E-state index contributed by atoms with van der Waals surface area (Å²) in [5.41, 5.74) is 0. The smallest absolute Gasteiger partial charge is 0.335 e. The molecule has 12 heteroatoms. The van der Waals surface area contributed by atoms with Crippen molar-refractivity contribution in [3.63, 3.8) is 0 Å². The molecule has 0 aromatic heterocycles. The van der Waals surface area contributed by atoms with Crippen LogP contribution in [0.1, 0.15) is 265 Å². The first-order valence-electron chi connectivity index (χ1n) is 30.9. The fourth-order valence-electron chi connectivity index (χ4n) is 9.04. The van der Waals surface area contributed by atoms with Crippen molar-refractivity contribution in [2.45, 2.75) is 302 Å². The average Bonchev–Trinajstić information content (AvgIpc) is 3.41. The van der Waals surface area contributed by atoms with Gasteiger partial charge >= 0.3 is 23.9 Å². The summed E-state index contributed by atoms with van der Waals surface area (Å²) in [6, 6.07) is 0. The Balaban J connectivity index is 2.65. The summed E-state index contributed by atoms with van der Waals surface area (Å²) in [6.45, 7) is 5.84. The molecule has 1 saturated heterocycles. The third kappa shape index (κ3) is 42.7. The van der Waals surface area contributed by atoms with E-state index in [0.717, 1.165) is 141 Å². The van der Waals surface area contributed by atoms with Gasteiger partial charge in [-0.05, 0) is 89.9 Å². The van der Waals surface area contributed by atoms with Crippen molar-refractivity contribution < 1.29 is 58.2 Å². The van der Waals surface area contributed by atoms with Gasteiger partial charge in [-0.1, -0.05) is 229 Å². The SMILES string of the molecule is CC/C=C\C/C=C\C/C=C\C/C=C\CCCCCCCCC(=O)OCC(COC1OC(C(=O)O)C(O)C(O)C1OC(=O)CCCCCCCCC/C=C\C/C=C\CCCCC)OC(=O)CCCCCCCCCCCCC. The number of carbonyl (C=O) groups is 4. The molecule has 1 aliphatic rings. The molecule has 0 bridgehead atoms. The highest BCUT2D eigenvalue weighted by Crippen LogP contribution is 2.26. The second-order valence-electron chi connectivity index (χ2n) is 21.0. The van der Waals surface area contributed by atoms with Crippen molar-refractivity contribution in [1.29, 1.82) is 0 Å². The third-order valence-electron chi connectivity index (χ3n) is 13.8. The van der Waals surface area contributed by atoms with Crippen LogP contribution in [0.2, 0.25) is 0 Å². The van der Waals surface area contributed by atoms with Crippen LogP contribution >= 0.6 is 0 Å². The van der Waals surface area contributed by atoms with Crippen LogP contribution in [0.4, 0.5) is 0 Å². The van der Waals surface area contributed by atoms with Crippen LogP contribution < -0.4 is 0 Å². The number of esters is 3. The monoisotopic (exact) mass is 1080 g/mol. The number of aliphatic hydroxyl groups is 2. The molecule has 0 saturated carbocycles. The van der Waals surface area contributed by atoms with Crippen molar-refractivity contribution in [1.82, 2.24) is 0 Å². The van der Waals surface area contributed by atoms with E-state index in [2.05, 4.69) is 93.7 Å². The zero-order chi connectivity index (χ0) is 56.1. The van der Waals surface area contributed by atoms with Crippen LogP contribution in [-0.4, -0.2) is 89.2 Å². The molecule has 0 radical (unpaired) electrons. The Hall–Kier alpha value is -3.84. The normalized spacial score (nSPS) is 18.5. The molecule has 6 atom stereocenters. The Morgan fingerprint density at radius 3 is 1.27 bits per heavy atom. The topological polar surface area (TPSA) is 175 Å². The van der Waals surface area contributed by atoms with Gasteiger partial charge in [0.15, 0.2) is 24.6 Å². The number of unbranched alkanes of at least 4 members (excludes halogenated alkanes) is 26. The lowest BCUT2D eigenvalue weighted by Crippen LogP contribution is -2.61. The number of carboxylic acid groups (broad SMARTS) is 1. The highest BCUT2D eigenvalue weighted by atomic mass is 16.7. The van der Waals surface area contributed by atoms with E-state index in [1.54, 1.807) is 0 Å². The minimum Gasteiger partial charge on any atom is -0.479 e. The molecule has 442 valence electrons. The van der Waals surface area contributed by atoms with Gasteiger partial charge in [-0.2, -0.15) is 0 Å². The predicted octanol–water partition coefficient (Wildman–Crippen LogP) is 16.1. The molecule has 0 aromatic carbocycles. The van der Waals surface area contributed by atoms with Gasteiger partial charge in [-0.15, -0.1) is 0 Å². The van der Waals surface area contributed by atoms with Crippen LogP contribution in [0.5, 0.6) is 0 Å². The van der Waals surface area contributed by atoms with Gasteiger partial charge in [0.2, 0.25) is 0 Å². The molecule has 0 aromatic rings. The van der Waals surface area contributed by atoms with E-state index in [1.165, 1.54) is 64.2 Å². The third-order valence-corrected chi connectivity index (χ3v) is 13.8. The lowest BCUT2D eigenvalue weighted by atomic mass is 9.98. The Kier molecular flexibility index (Phi) is 48.8. The molecule has 1 rings (SSSR count). The summed E-state index contributed by atoms with van der Waals surface area (Å²) in [5.74, 6) is -3.14. The van der Waals surface area contributed by atoms with E-state index in [9.17, 15) is 34.5 Å². The molecule has 77 heavy (non-hydrogen) atoms. The molecule has 0 aliphatic carbocycles. The molecule has 3 N–H and O–H groups in total. The van der Waals surface area contributed by atoms with Gasteiger partial charge in [0, 0.05) is 19.3 Å². The minimum absolute atomic E-state index is 0.0498. The maximum atomic E-state index is 13.1. The number of ether oxygens (including phenoxy) is 5. The van der Waals surface area contributed by atoms with Crippen LogP contribution in [0.15, 0.2) is 72.9 Å². The molecular formula is C65H110O12. The number of hydrogen-bond acceptors (Lipinski definition) is 11. The Morgan fingerprint density at radius 2 is 0.818 bits per heavy atom. The molecule has 12 nitrogen and oxygen atoms in total. The molecule has 0 amide bonds. The fourth-order valence-corrected chi connectivity index (χ4v) is 9.04. The second-order valence-corrected chi connectivity index (χ2v) is 21.0. The van der Waals surface area contributed by atoms with Gasteiger partial charge in [0.1, 0.15) is 18.8 Å². The molecule has 6 unspecified atom stereocenters. The van der Waals surface area contributed by atoms with Gasteiger partial charge in [-0.3, -0.25) is 14.4 Å². The second kappa shape index (κ2) is 52.8. The van der Waals surface area contributed by atoms with E-state index >= 15 is 0 Å². The Morgan fingerprint density at radius 1 is 0.442 bits per heavy atom. The van der Waals surface area contributed by atoms with Crippen molar-refractivity contribution in [2.75, 3.05) is 13.2 Å². The number of carboxylic acids is 1. The van der Waals surface area contributed by atoms with Crippen molar-refractivity contribution in [3.8, 4) is 0 Å². The fraction of sp³-hybridized carbons (Fsp3) is 0.754. The van der Waals surface area contributed by atoms with Crippen LogP contribution in [-0.2, 0) is 42.9 Å². The van der Waals surface area contributed by atoms with E-state index < -0.39 is 67.3 Å². The summed E-state index contributed by atoms with van der Waals surface area (Å²) in [7, 11) is 0. The molecule has 1 aliphatic heterocycles. The summed E-state index contributed by atoms with van der Waals surface area (Å²) in [4.78, 5) is 51.2. The number of carbonyl (C=O) groups excluding carboxylic acids is 3. The zero-order valence-corrected chi connectivity index (χ0v) is 48.7. The molecule has 1 fully saturated rings. The summed E-state index contributed by atoms with van der Waals surface area (Å²) < 4.78 is 28.4. The Bertz CT molecular complexity index is 1620. The first-order chi connectivity index (χ1) is 37.6. The van der Waals surface area contributed by atoms with E-state index in [1.807, 2.05) is 0 Å². The van der Waals surface area contributed by atoms with Crippen LogP contribution in [0.25, 0.3) is 0 Å². The Labute approximate surface area is 468 Å². The van der Waals surface area contributed by atoms with Gasteiger partial charge < -0.3 is 39.0 Å². The number of aliphatic hydroxyl groups excluding tert-OH is 2. The van der Waals surface area contributed by atoms with Crippen molar-refractivity contribution >= 4 is 23.9 Å². The first-order valence-corrected chi connectivity index (χ1v) is 30.9. The lowest BCUT2D eigenvalue weighted by Gasteiger charge is -2.40. The van der Waals surface area contributed by atoms with E-state index in [-0.39, 0.29) is 25.9 Å². The maximum Gasteiger partial charge on any atom is 0.335 e. The van der Waals surface area contributed by atoms with Crippen LogP contribution in [0, 0.1) is 0 Å². The van der Waals surface area contributed by atoms with E-state index in [4.69, 9.17) is 23.7 Å². The molecule has 0 spiro atoms. The van der Waals surface area contributed by atoms with Gasteiger partial charge in [-0.25, -0.2) is 4.79 Å². The number of hydrogen-bond donors (Lipinski definition) is 3. The number of rotatable bonds is 52. The van der Waals surface area contributed by atoms with Crippen LogP contribution in [0.3, 0.4) is 0 Å². The zero-order valence-electron chi connectivity index (χ0n) is 48.7. The first kappa shape index (κ1) is 71.2. The largest absolute Gasteiger partial charge is 0.479 e. The van der Waals surface area contributed by atoms with E-state index in [0.29, 0.717) is 19.3 Å². The van der Waals surface area contributed by atoms with Crippen molar-refractivity contribution in [2.24, 2.45) is 0 Å². The predicted molar refractivity (Wildman–Crippen MR) is 312 cm³/mol. The maximum absolute atomic E-state index is 13.1. The molecular weight excluding hydrogens is 973 g/mol.